The Balaban J connectivity index is 1.35. The molecule has 0 spiro atoms. The predicted octanol–water partition coefficient (Wildman–Crippen LogP) is 2.40. The molecule has 152 valence electrons. The molecule has 3 aromatic rings. The van der Waals surface area contributed by atoms with Gasteiger partial charge < -0.3 is 14.5 Å². The van der Waals surface area contributed by atoms with Gasteiger partial charge in [0.05, 0.1) is 10.5 Å². The van der Waals surface area contributed by atoms with E-state index in [9.17, 15) is 9.00 Å². The van der Waals surface area contributed by atoms with E-state index in [1.165, 1.54) is 0 Å². The average molecular weight is 413 g/mol. The molecule has 1 aliphatic rings. The molecule has 8 heteroatoms. The first-order valence-electron chi connectivity index (χ1n) is 9.64. The Hall–Kier alpha value is -2.55. The summed E-state index contributed by atoms with van der Waals surface area (Å²) in [5, 5.41) is 2.92. The number of amides is 1. The fourth-order valence-electron chi connectivity index (χ4n) is 3.41. The zero-order chi connectivity index (χ0) is 20.2. The Kier molecular flexibility index (Phi) is 6.03. The van der Waals surface area contributed by atoms with Crippen LogP contribution < -0.4 is 5.32 Å². The molecule has 0 aliphatic carbocycles. The molecular formula is C21H24N4O3S. The third-order valence-corrected chi connectivity index (χ3v) is 6.69. The molecule has 0 bridgehead atoms. The molecule has 1 atom stereocenters. The van der Waals surface area contributed by atoms with Crippen LogP contribution in [0.5, 0.6) is 0 Å². The van der Waals surface area contributed by atoms with E-state index >= 15 is 0 Å². The third-order valence-electron chi connectivity index (χ3n) is 5.20. The van der Waals surface area contributed by atoms with E-state index < -0.39 is 11.0 Å². The van der Waals surface area contributed by atoms with Gasteiger partial charge in [-0.25, -0.2) is 13.5 Å². The quantitative estimate of drug-likeness (QED) is 0.675. The molecule has 1 N–H and O–H groups in total. The Morgan fingerprint density at radius 2 is 2.00 bits per heavy atom. The Labute approximate surface area is 172 Å². The molecule has 0 radical (unpaired) electrons. The third kappa shape index (κ3) is 4.55. The van der Waals surface area contributed by atoms with Crippen LogP contribution in [0.4, 0.5) is 0 Å². The second-order valence-electron chi connectivity index (χ2n) is 7.08. The SMILES string of the molecule is CN(C1CCOCC1)S(=O)c1ccc(CNC(=O)c2ccc3nccn3c2)cc1. The van der Waals surface area contributed by atoms with E-state index in [2.05, 4.69) is 10.3 Å². The number of aromatic nitrogens is 2. The van der Waals surface area contributed by atoms with Crippen molar-refractivity contribution in [2.45, 2.75) is 30.3 Å². The molecule has 1 unspecified atom stereocenters. The first-order valence-corrected chi connectivity index (χ1v) is 10.7. The van der Waals surface area contributed by atoms with Gasteiger partial charge in [0.15, 0.2) is 0 Å². The summed E-state index contributed by atoms with van der Waals surface area (Å²) in [4.78, 5) is 17.4. The van der Waals surface area contributed by atoms with E-state index in [0.29, 0.717) is 12.1 Å². The van der Waals surface area contributed by atoms with Crippen molar-refractivity contribution in [3.63, 3.8) is 0 Å². The molecular weight excluding hydrogens is 388 g/mol. The zero-order valence-electron chi connectivity index (χ0n) is 16.3. The van der Waals surface area contributed by atoms with E-state index in [1.807, 2.05) is 52.3 Å². The number of hydrogen-bond acceptors (Lipinski definition) is 4. The number of imidazole rings is 1. The summed E-state index contributed by atoms with van der Waals surface area (Å²) in [6.07, 6.45) is 7.06. The highest BCUT2D eigenvalue weighted by molar-refractivity contribution is 7.82. The van der Waals surface area contributed by atoms with Gasteiger partial charge in [-0.1, -0.05) is 12.1 Å². The highest BCUT2D eigenvalue weighted by Gasteiger charge is 2.23. The van der Waals surface area contributed by atoms with Crippen LogP contribution in [0.15, 0.2) is 59.9 Å². The highest BCUT2D eigenvalue weighted by atomic mass is 32.2. The van der Waals surface area contributed by atoms with Gasteiger partial charge in [0.2, 0.25) is 0 Å². The van der Waals surface area contributed by atoms with Gasteiger partial charge in [0.25, 0.3) is 5.91 Å². The predicted molar refractivity (Wildman–Crippen MR) is 111 cm³/mol. The molecule has 7 nitrogen and oxygen atoms in total. The fourth-order valence-corrected chi connectivity index (χ4v) is 4.60. The highest BCUT2D eigenvalue weighted by Crippen LogP contribution is 2.19. The minimum absolute atomic E-state index is 0.146. The molecule has 1 fully saturated rings. The van der Waals surface area contributed by atoms with Gasteiger partial charge in [-0.2, -0.15) is 0 Å². The number of carbonyl (C=O) groups is 1. The number of fused-ring (bicyclic) bond motifs is 1. The van der Waals surface area contributed by atoms with Crippen LogP contribution in [0, 0.1) is 0 Å². The summed E-state index contributed by atoms with van der Waals surface area (Å²) in [6, 6.07) is 11.4. The second kappa shape index (κ2) is 8.86. The lowest BCUT2D eigenvalue weighted by atomic mass is 10.1. The number of nitrogens with one attached hydrogen (secondary N) is 1. The molecule has 0 saturated carbocycles. The van der Waals surface area contributed by atoms with Crippen molar-refractivity contribution in [3.8, 4) is 0 Å². The van der Waals surface area contributed by atoms with Crippen LogP contribution in [0.25, 0.3) is 5.65 Å². The van der Waals surface area contributed by atoms with Crippen molar-refractivity contribution in [2.24, 2.45) is 0 Å². The van der Waals surface area contributed by atoms with E-state index in [-0.39, 0.29) is 11.9 Å². The smallest absolute Gasteiger partial charge is 0.253 e. The molecule has 3 heterocycles. The molecule has 1 aromatic carbocycles. The van der Waals surface area contributed by atoms with Crippen molar-refractivity contribution >= 4 is 22.5 Å². The zero-order valence-corrected chi connectivity index (χ0v) is 17.1. The summed E-state index contributed by atoms with van der Waals surface area (Å²) in [7, 11) is 0.696. The van der Waals surface area contributed by atoms with E-state index in [1.54, 1.807) is 18.5 Å². The maximum absolute atomic E-state index is 12.8. The van der Waals surface area contributed by atoms with Crippen LogP contribution in [-0.4, -0.2) is 50.1 Å². The Morgan fingerprint density at radius 3 is 2.76 bits per heavy atom. The lowest BCUT2D eigenvalue weighted by molar-refractivity contribution is 0.0642. The van der Waals surface area contributed by atoms with E-state index in [0.717, 1.165) is 42.2 Å². The summed E-state index contributed by atoms with van der Waals surface area (Å²) in [5.41, 5.74) is 2.33. The summed E-state index contributed by atoms with van der Waals surface area (Å²) >= 11 is 0. The van der Waals surface area contributed by atoms with E-state index in [4.69, 9.17) is 4.74 Å². The summed E-state index contributed by atoms with van der Waals surface area (Å²) in [5.74, 6) is -0.146. The van der Waals surface area contributed by atoms with Gasteiger partial charge in [-0.15, -0.1) is 0 Å². The molecule has 1 amide bonds. The summed E-state index contributed by atoms with van der Waals surface area (Å²) in [6.45, 7) is 1.85. The van der Waals surface area contributed by atoms with Crippen molar-refractivity contribution < 1.29 is 13.7 Å². The minimum Gasteiger partial charge on any atom is -0.381 e. The van der Waals surface area contributed by atoms with Crippen molar-refractivity contribution in [3.05, 3.63) is 66.1 Å². The van der Waals surface area contributed by atoms with Crippen LogP contribution in [0.1, 0.15) is 28.8 Å². The number of carbonyl (C=O) groups excluding carboxylic acids is 1. The van der Waals surface area contributed by atoms with Crippen LogP contribution in [-0.2, 0) is 22.3 Å². The number of benzene rings is 1. The maximum Gasteiger partial charge on any atom is 0.253 e. The van der Waals surface area contributed by atoms with Crippen LogP contribution >= 0.6 is 0 Å². The lowest BCUT2D eigenvalue weighted by Crippen LogP contribution is -2.37. The number of ether oxygens (including phenoxy) is 1. The lowest BCUT2D eigenvalue weighted by Gasteiger charge is -2.29. The minimum atomic E-state index is -1.20. The Bertz CT molecular complexity index is 1010. The number of hydrogen-bond donors (Lipinski definition) is 1. The van der Waals surface area contributed by atoms with Crippen LogP contribution in [0.3, 0.4) is 0 Å². The van der Waals surface area contributed by atoms with Gasteiger partial charge in [-0.3, -0.25) is 4.79 Å². The number of nitrogens with zero attached hydrogens (tertiary/aromatic N) is 3. The van der Waals surface area contributed by atoms with Crippen molar-refractivity contribution in [1.29, 1.82) is 0 Å². The molecule has 1 saturated heterocycles. The molecule has 2 aromatic heterocycles. The Morgan fingerprint density at radius 1 is 1.24 bits per heavy atom. The number of pyridine rings is 1. The van der Waals surface area contributed by atoms with Gasteiger partial charge >= 0.3 is 0 Å². The normalized spacial score (nSPS) is 16.2. The molecule has 1 aliphatic heterocycles. The largest absolute Gasteiger partial charge is 0.381 e. The monoisotopic (exact) mass is 412 g/mol. The van der Waals surface area contributed by atoms with Crippen LogP contribution in [0.2, 0.25) is 0 Å². The average Bonchev–Trinajstić information content (AvgIpc) is 3.25. The second-order valence-corrected chi connectivity index (χ2v) is 8.62. The van der Waals surface area contributed by atoms with Crippen molar-refractivity contribution in [1.82, 2.24) is 19.0 Å². The van der Waals surface area contributed by atoms with Gasteiger partial charge in [0.1, 0.15) is 16.6 Å². The first-order chi connectivity index (χ1) is 14.1. The summed E-state index contributed by atoms with van der Waals surface area (Å²) < 4.78 is 21.9. The topological polar surface area (TPSA) is 75.9 Å². The first kappa shape index (κ1) is 19.8. The number of rotatable bonds is 6. The molecule has 29 heavy (non-hydrogen) atoms. The fraction of sp³-hybridized carbons (Fsp3) is 0.333. The molecule has 4 rings (SSSR count). The van der Waals surface area contributed by atoms with Gasteiger partial charge in [-0.05, 0) is 42.7 Å². The van der Waals surface area contributed by atoms with Crippen molar-refractivity contribution in [2.75, 3.05) is 20.3 Å². The standard InChI is InChI=1S/C21H24N4O3S/c1-24(18-8-12-28-13-9-18)29(27)19-5-2-16(3-6-19)14-23-21(26)17-4-7-20-22-10-11-25(20)15-17/h2-7,10-11,15,18H,8-9,12-14H2,1H3,(H,23,26). The maximum atomic E-state index is 12.8. The van der Waals surface area contributed by atoms with Gasteiger partial charge in [0, 0.05) is 51.4 Å².